The predicted molar refractivity (Wildman–Crippen MR) is 113 cm³/mol. The van der Waals surface area contributed by atoms with Crippen molar-refractivity contribution in [2.75, 3.05) is 11.9 Å². The summed E-state index contributed by atoms with van der Waals surface area (Å²) in [6.45, 7) is 0.536. The summed E-state index contributed by atoms with van der Waals surface area (Å²) in [6.07, 6.45) is 3.77. The van der Waals surface area contributed by atoms with E-state index in [0.29, 0.717) is 18.7 Å². The first-order valence-corrected chi connectivity index (χ1v) is 10.3. The number of ether oxygens (including phenoxy) is 2. The van der Waals surface area contributed by atoms with Crippen molar-refractivity contribution in [2.45, 2.75) is 38.2 Å². The van der Waals surface area contributed by atoms with Gasteiger partial charge in [0.1, 0.15) is 18.5 Å². The van der Waals surface area contributed by atoms with Crippen LogP contribution in [0.25, 0.3) is 0 Å². The van der Waals surface area contributed by atoms with Crippen LogP contribution in [-0.4, -0.2) is 23.6 Å². The summed E-state index contributed by atoms with van der Waals surface area (Å²) in [6, 6.07) is 17.7. The van der Waals surface area contributed by atoms with E-state index in [9.17, 15) is 9.18 Å². The second-order valence-corrected chi connectivity index (χ2v) is 7.47. The Hall–Kier alpha value is -3.28. The number of para-hydroxylation sites is 2. The van der Waals surface area contributed by atoms with Gasteiger partial charge in [0.15, 0.2) is 11.5 Å². The Balaban J connectivity index is 1.17. The van der Waals surface area contributed by atoms with Crippen LogP contribution in [0, 0.1) is 5.82 Å². The lowest BCUT2D eigenvalue weighted by Crippen LogP contribution is -2.31. The van der Waals surface area contributed by atoms with Crippen molar-refractivity contribution in [1.82, 2.24) is 4.98 Å². The topological polar surface area (TPSA) is 63.4 Å². The van der Waals surface area contributed by atoms with Gasteiger partial charge in [0.05, 0.1) is 0 Å². The highest BCUT2D eigenvalue weighted by Crippen LogP contribution is 2.31. The maximum Gasteiger partial charge on any atom is 0.224 e. The number of anilines is 1. The first kappa shape index (κ1) is 20.0. The van der Waals surface area contributed by atoms with Gasteiger partial charge >= 0.3 is 0 Å². The number of nitrogens with one attached hydrogen (secondary N) is 2. The van der Waals surface area contributed by atoms with Crippen LogP contribution in [-0.2, 0) is 17.6 Å². The number of rotatable bonds is 8. The van der Waals surface area contributed by atoms with E-state index >= 15 is 0 Å². The maximum absolute atomic E-state index is 12.9. The van der Waals surface area contributed by atoms with E-state index in [1.165, 1.54) is 12.1 Å². The highest BCUT2D eigenvalue weighted by molar-refractivity contribution is 5.90. The van der Waals surface area contributed by atoms with E-state index in [4.69, 9.17) is 9.47 Å². The molecule has 6 heteroatoms. The van der Waals surface area contributed by atoms with E-state index < -0.39 is 0 Å². The van der Waals surface area contributed by atoms with Crippen molar-refractivity contribution >= 4 is 11.6 Å². The number of hydrogen-bond donors (Lipinski definition) is 2. The Morgan fingerprint density at radius 1 is 1.00 bits per heavy atom. The molecule has 0 radical (unpaired) electrons. The lowest BCUT2D eigenvalue weighted by molar-refractivity contribution is -0.116. The van der Waals surface area contributed by atoms with E-state index in [1.54, 1.807) is 12.1 Å². The predicted octanol–water partition coefficient (Wildman–Crippen LogP) is 4.89. The Kier molecular flexibility index (Phi) is 6.32. The van der Waals surface area contributed by atoms with Gasteiger partial charge in [-0.2, -0.15) is 0 Å². The summed E-state index contributed by atoms with van der Waals surface area (Å²) >= 11 is 0. The average Bonchev–Trinajstić information content (AvgIpc) is 3.20. The third kappa shape index (κ3) is 5.41. The molecule has 3 aromatic rings. The third-order valence-corrected chi connectivity index (χ3v) is 5.05. The van der Waals surface area contributed by atoms with Gasteiger partial charge in [-0.25, -0.2) is 4.39 Å². The van der Waals surface area contributed by atoms with Gasteiger partial charge in [0.2, 0.25) is 5.91 Å². The van der Waals surface area contributed by atoms with E-state index in [-0.39, 0.29) is 17.8 Å². The molecule has 1 aliphatic rings. The molecule has 0 bridgehead atoms. The largest absolute Gasteiger partial charge is 0.486 e. The minimum Gasteiger partial charge on any atom is -0.486 e. The SMILES string of the molecule is O=C(CCCCc1ccc(CC2COc3ccccc3O2)[nH]1)Nc1ccc(F)cc1. The fourth-order valence-corrected chi connectivity index (χ4v) is 3.52. The number of amides is 1. The number of carbonyl (C=O) groups is 1. The fourth-order valence-electron chi connectivity index (χ4n) is 3.52. The van der Waals surface area contributed by atoms with Gasteiger partial charge in [-0.15, -0.1) is 0 Å². The first-order chi connectivity index (χ1) is 14.7. The first-order valence-electron chi connectivity index (χ1n) is 10.3. The van der Waals surface area contributed by atoms with E-state index in [1.807, 2.05) is 24.3 Å². The zero-order chi connectivity index (χ0) is 20.8. The zero-order valence-electron chi connectivity index (χ0n) is 16.7. The molecule has 1 amide bonds. The molecule has 156 valence electrons. The van der Waals surface area contributed by atoms with Crippen LogP contribution in [0.3, 0.4) is 0 Å². The number of unbranched alkanes of at least 4 members (excludes halogenated alkanes) is 1. The molecule has 1 aromatic heterocycles. The standard InChI is InChI=1S/C24H25FN2O3/c25-17-9-11-19(12-10-17)27-24(28)8-4-1-5-18-13-14-20(26-18)15-21-16-29-22-6-2-3-7-23(22)30-21/h2-3,6-7,9-14,21,26H,1,4-5,8,15-16H2,(H,27,28). The quantitative estimate of drug-likeness (QED) is 0.522. The molecule has 1 aliphatic heterocycles. The minimum atomic E-state index is -0.314. The molecule has 0 saturated carbocycles. The molecule has 4 rings (SSSR count). The smallest absolute Gasteiger partial charge is 0.224 e. The summed E-state index contributed by atoms with van der Waals surface area (Å²) in [7, 11) is 0. The fraction of sp³-hybridized carbons (Fsp3) is 0.292. The van der Waals surface area contributed by atoms with E-state index in [2.05, 4.69) is 22.4 Å². The Bertz CT molecular complexity index is 984. The summed E-state index contributed by atoms with van der Waals surface area (Å²) in [5.74, 6) is 1.22. The molecule has 0 fully saturated rings. The number of benzene rings is 2. The number of aromatic nitrogens is 1. The van der Waals surface area contributed by atoms with Crippen LogP contribution in [0.5, 0.6) is 11.5 Å². The minimum absolute atomic E-state index is 0.0124. The van der Waals surface area contributed by atoms with Crippen LogP contribution in [0.1, 0.15) is 30.7 Å². The summed E-state index contributed by atoms with van der Waals surface area (Å²) in [5, 5.41) is 2.79. The molecular weight excluding hydrogens is 383 g/mol. The molecule has 0 saturated heterocycles. The molecule has 30 heavy (non-hydrogen) atoms. The summed E-state index contributed by atoms with van der Waals surface area (Å²) < 4.78 is 24.7. The van der Waals surface area contributed by atoms with Crippen molar-refractivity contribution in [3.8, 4) is 11.5 Å². The van der Waals surface area contributed by atoms with Crippen molar-refractivity contribution < 1.29 is 18.7 Å². The number of fused-ring (bicyclic) bond motifs is 1. The van der Waals surface area contributed by atoms with Gasteiger partial charge in [-0.1, -0.05) is 12.1 Å². The van der Waals surface area contributed by atoms with Gasteiger partial charge in [0.25, 0.3) is 0 Å². The number of H-pyrrole nitrogens is 1. The molecule has 1 unspecified atom stereocenters. The Morgan fingerprint density at radius 3 is 2.60 bits per heavy atom. The normalized spacial score (nSPS) is 15.0. The summed E-state index contributed by atoms with van der Waals surface area (Å²) in [4.78, 5) is 15.4. The molecule has 5 nitrogen and oxygen atoms in total. The molecule has 1 atom stereocenters. The molecular formula is C24H25FN2O3. The number of halogens is 1. The number of hydrogen-bond acceptors (Lipinski definition) is 3. The van der Waals surface area contributed by atoms with Crippen molar-refractivity contribution in [3.63, 3.8) is 0 Å². The summed E-state index contributed by atoms with van der Waals surface area (Å²) in [5.41, 5.74) is 2.89. The highest BCUT2D eigenvalue weighted by Gasteiger charge is 2.21. The number of carbonyl (C=O) groups excluding carboxylic acids is 1. The van der Waals surface area contributed by atoms with E-state index in [0.717, 1.165) is 48.6 Å². The van der Waals surface area contributed by atoms with Gasteiger partial charge in [-0.3, -0.25) is 4.79 Å². The van der Waals surface area contributed by atoms with Gasteiger partial charge in [0, 0.05) is 29.9 Å². The monoisotopic (exact) mass is 408 g/mol. The van der Waals surface area contributed by atoms with Gasteiger partial charge < -0.3 is 19.8 Å². The lowest BCUT2D eigenvalue weighted by atomic mass is 10.1. The van der Waals surface area contributed by atoms with Crippen LogP contribution in [0.2, 0.25) is 0 Å². The molecule has 2 aromatic carbocycles. The highest BCUT2D eigenvalue weighted by atomic mass is 19.1. The molecule has 0 spiro atoms. The van der Waals surface area contributed by atoms with Crippen LogP contribution in [0.15, 0.2) is 60.7 Å². The van der Waals surface area contributed by atoms with Crippen molar-refractivity contribution in [2.24, 2.45) is 0 Å². The number of aromatic amines is 1. The van der Waals surface area contributed by atoms with Crippen molar-refractivity contribution in [1.29, 1.82) is 0 Å². The Labute approximate surface area is 175 Å². The average molecular weight is 408 g/mol. The Morgan fingerprint density at radius 2 is 1.77 bits per heavy atom. The molecule has 2 N–H and O–H groups in total. The van der Waals surface area contributed by atoms with Crippen LogP contribution < -0.4 is 14.8 Å². The maximum atomic E-state index is 12.9. The second kappa shape index (κ2) is 9.48. The number of aryl methyl sites for hydroxylation is 1. The second-order valence-electron chi connectivity index (χ2n) is 7.47. The van der Waals surface area contributed by atoms with Gasteiger partial charge in [-0.05, 0) is 67.8 Å². The molecule has 2 heterocycles. The third-order valence-electron chi connectivity index (χ3n) is 5.05. The van der Waals surface area contributed by atoms with Crippen LogP contribution >= 0.6 is 0 Å². The lowest BCUT2D eigenvalue weighted by Gasteiger charge is -2.26. The van der Waals surface area contributed by atoms with Crippen molar-refractivity contribution in [3.05, 3.63) is 77.9 Å². The van der Waals surface area contributed by atoms with Crippen LogP contribution in [0.4, 0.5) is 10.1 Å². The zero-order valence-corrected chi connectivity index (χ0v) is 16.7. The molecule has 0 aliphatic carbocycles.